The van der Waals surface area contributed by atoms with Crippen LogP contribution in [0.3, 0.4) is 0 Å². The van der Waals surface area contributed by atoms with Crippen molar-refractivity contribution in [1.29, 1.82) is 0 Å². The molecule has 0 saturated heterocycles. The standard InChI is InChI=1S/C13H13Cl2FN4S/c1-2-20-7-10(15)12(19-20)6-17-13(21)18-8-3-4-11(16)9(14)5-8/h3-5,7H,2,6H2,1H3,(H2,17,18,21). The second-order valence-electron chi connectivity index (χ2n) is 4.22. The van der Waals surface area contributed by atoms with Crippen LogP contribution in [0.2, 0.25) is 10.0 Å². The fraction of sp³-hybridized carbons (Fsp3) is 0.231. The van der Waals surface area contributed by atoms with Crippen molar-refractivity contribution >= 4 is 46.2 Å². The maximum Gasteiger partial charge on any atom is 0.171 e. The van der Waals surface area contributed by atoms with E-state index in [0.717, 1.165) is 6.54 Å². The van der Waals surface area contributed by atoms with Gasteiger partial charge in [-0.1, -0.05) is 23.2 Å². The minimum Gasteiger partial charge on any atom is -0.357 e. The third kappa shape index (κ3) is 4.30. The summed E-state index contributed by atoms with van der Waals surface area (Å²) in [5.41, 5.74) is 1.31. The fourth-order valence-corrected chi connectivity index (χ4v) is 2.22. The lowest BCUT2D eigenvalue weighted by Crippen LogP contribution is -2.28. The molecule has 0 fully saturated rings. The van der Waals surface area contributed by atoms with Crippen LogP contribution in [0.1, 0.15) is 12.6 Å². The summed E-state index contributed by atoms with van der Waals surface area (Å²) in [7, 11) is 0. The van der Waals surface area contributed by atoms with Gasteiger partial charge in [0.2, 0.25) is 0 Å². The van der Waals surface area contributed by atoms with E-state index in [1.807, 2.05) is 6.92 Å². The Bertz CT molecular complexity index is 660. The van der Waals surface area contributed by atoms with Crippen LogP contribution in [0.5, 0.6) is 0 Å². The van der Waals surface area contributed by atoms with Gasteiger partial charge in [0.05, 0.1) is 16.6 Å². The van der Waals surface area contributed by atoms with Crippen LogP contribution in [-0.2, 0) is 13.1 Å². The SMILES string of the molecule is CCn1cc(Cl)c(CNC(=S)Nc2ccc(F)c(Cl)c2)n1. The lowest BCUT2D eigenvalue weighted by molar-refractivity contribution is 0.628. The number of hydrogen-bond donors (Lipinski definition) is 2. The number of aromatic nitrogens is 2. The molecule has 112 valence electrons. The summed E-state index contributed by atoms with van der Waals surface area (Å²) in [6.07, 6.45) is 1.76. The number of nitrogens with one attached hydrogen (secondary N) is 2. The summed E-state index contributed by atoms with van der Waals surface area (Å²) in [5, 5.41) is 11.2. The first-order valence-corrected chi connectivity index (χ1v) is 7.37. The minimum atomic E-state index is -0.474. The predicted molar refractivity (Wildman–Crippen MR) is 87.4 cm³/mol. The molecule has 0 amide bonds. The first-order valence-electron chi connectivity index (χ1n) is 6.21. The molecule has 1 heterocycles. The number of benzene rings is 1. The molecule has 2 aromatic rings. The molecule has 2 N–H and O–H groups in total. The van der Waals surface area contributed by atoms with Gasteiger partial charge in [-0.05, 0) is 37.3 Å². The van der Waals surface area contributed by atoms with E-state index in [0.29, 0.717) is 28.1 Å². The Morgan fingerprint density at radius 1 is 1.38 bits per heavy atom. The number of hydrogen-bond acceptors (Lipinski definition) is 2. The zero-order valence-corrected chi connectivity index (χ0v) is 13.5. The molecule has 0 bridgehead atoms. The van der Waals surface area contributed by atoms with Gasteiger partial charge in [0.25, 0.3) is 0 Å². The van der Waals surface area contributed by atoms with E-state index in [9.17, 15) is 4.39 Å². The number of nitrogens with zero attached hydrogens (tertiary/aromatic N) is 2. The second-order valence-corrected chi connectivity index (χ2v) is 5.44. The molecule has 1 aromatic carbocycles. The maximum atomic E-state index is 13.1. The van der Waals surface area contributed by atoms with Crippen molar-refractivity contribution in [1.82, 2.24) is 15.1 Å². The number of aryl methyl sites for hydroxylation is 1. The summed E-state index contributed by atoms with van der Waals surface area (Å²) in [6, 6.07) is 4.28. The number of thiocarbonyl (C=S) groups is 1. The Morgan fingerprint density at radius 2 is 2.14 bits per heavy atom. The summed E-state index contributed by atoms with van der Waals surface area (Å²) in [5.74, 6) is -0.474. The normalized spacial score (nSPS) is 10.5. The molecule has 0 saturated carbocycles. The molecule has 0 spiro atoms. The Labute approximate surface area is 137 Å². The van der Waals surface area contributed by atoms with Gasteiger partial charge < -0.3 is 10.6 Å². The van der Waals surface area contributed by atoms with E-state index < -0.39 is 5.82 Å². The van der Waals surface area contributed by atoms with Crippen LogP contribution in [0.25, 0.3) is 0 Å². The Balaban J connectivity index is 1.92. The quantitative estimate of drug-likeness (QED) is 0.825. The zero-order valence-electron chi connectivity index (χ0n) is 11.2. The van der Waals surface area contributed by atoms with Gasteiger partial charge in [-0.15, -0.1) is 0 Å². The topological polar surface area (TPSA) is 41.9 Å². The Hall–Kier alpha value is -1.37. The predicted octanol–water partition coefficient (Wildman–Crippen LogP) is 3.84. The molecule has 0 radical (unpaired) electrons. The van der Waals surface area contributed by atoms with E-state index in [-0.39, 0.29) is 5.02 Å². The lowest BCUT2D eigenvalue weighted by Gasteiger charge is -2.10. The highest BCUT2D eigenvalue weighted by atomic mass is 35.5. The van der Waals surface area contributed by atoms with Gasteiger partial charge in [0.15, 0.2) is 5.11 Å². The molecule has 21 heavy (non-hydrogen) atoms. The molecule has 0 aliphatic heterocycles. The summed E-state index contributed by atoms with van der Waals surface area (Å²) in [6.45, 7) is 3.12. The molecule has 0 unspecified atom stereocenters. The summed E-state index contributed by atoms with van der Waals surface area (Å²) >= 11 is 16.9. The van der Waals surface area contributed by atoms with Crippen LogP contribution in [0, 0.1) is 5.82 Å². The first kappa shape index (κ1) is 16.0. The monoisotopic (exact) mass is 346 g/mol. The molecule has 2 rings (SSSR count). The molecular weight excluding hydrogens is 334 g/mol. The molecule has 0 aliphatic rings. The number of halogens is 3. The number of rotatable bonds is 4. The summed E-state index contributed by atoms with van der Waals surface area (Å²) in [4.78, 5) is 0. The van der Waals surface area contributed by atoms with Crippen LogP contribution in [0.4, 0.5) is 10.1 Å². The highest BCUT2D eigenvalue weighted by Gasteiger charge is 2.07. The van der Waals surface area contributed by atoms with Gasteiger partial charge in [-0.25, -0.2) is 4.39 Å². The highest BCUT2D eigenvalue weighted by Crippen LogP contribution is 2.19. The van der Waals surface area contributed by atoms with E-state index >= 15 is 0 Å². The Morgan fingerprint density at radius 3 is 2.76 bits per heavy atom. The van der Waals surface area contributed by atoms with E-state index in [1.165, 1.54) is 12.1 Å². The van der Waals surface area contributed by atoms with Gasteiger partial charge in [-0.3, -0.25) is 4.68 Å². The third-order valence-electron chi connectivity index (χ3n) is 2.71. The van der Waals surface area contributed by atoms with Gasteiger partial charge in [-0.2, -0.15) is 5.10 Å². The largest absolute Gasteiger partial charge is 0.357 e. The highest BCUT2D eigenvalue weighted by molar-refractivity contribution is 7.80. The molecule has 4 nitrogen and oxygen atoms in total. The fourth-order valence-electron chi connectivity index (χ4n) is 1.63. The first-order chi connectivity index (χ1) is 9.99. The Kier molecular flexibility index (Phi) is 5.39. The van der Waals surface area contributed by atoms with Crippen molar-refractivity contribution < 1.29 is 4.39 Å². The van der Waals surface area contributed by atoms with Crippen molar-refractivity contribution in [2.75, 3.05) is 5.32 Å². The molecule has 0 atom stereocenters. The average molecular weight is 347 g/mol. The van der Waals surface area contributed by atoms with Crippen molar-refractivity contribution in [3.8, 4) is 0 Å². The van der Waals surface area contributed by atoms with E-state index in [2.05, 4.69) is 15.7 Å². The lowest BCUT2D eigenvalue weighted by atomic mass is 10.3. The van der Waals surface area contributed by atoms with Crippen molar-refractivity contribution in [3.05, 3.63) is 46.0 Å². The second kappa shape index (κ2) is 7.06. The van der Waals surface area contributed by atoms with Crippen LogP contribution in [-0.4, -0.2) is 14.9 Å². The van der Waals surface area contributed by atoms with Crippen LogP contribution < -0.4 is 10.6 Å². The van der Waals surface area contributed by atoms with Crippen molar-refractivity contribution in [2.24, 2.45) is 0 Å². The van der Waals surface area contributed by atoms with E-state index in [4.69, 9.17) is 35.4 Å². The van der Waals surface area contributed by atoms with Crippen molar-refractivity contribution in [2.45, 2.75) is 20.0 Å². The molecule has 8 heteroatoms. The van der Waals surface area contributed by atoms with Crippen molar-refractivity contribution in [3.63, 3.8) is 0 Å². The molecule has 0 aliphatic carbocycles. The molecular formula is C13H13Cl2FN4S. The smallest absolute Gasteiger partial charge is 0.171 e. The zero-order chi connectivity index (χ0) is 15.4. The third-order valence-corrected chi connectivity index (χ3v) is 3.56. The molecule has 1 aromatic heterocycles. The van der Waals surface area contributed by atoms with Crippen LogP contribution >= 0.6 is 35.4 Å². The summed E-state index contributed by atoms with van der Waals surface area (Å²) < 4.78 is 14.8. The van der Waals surface area contributed by atoms with E-state index in [1.54, 1.807) is 16.9 Å². The number of anilines is 1. The van der Waals surface area contributed by atoms with Gasteiger partial charge in [0.1, 0.15) is 11.5 Å². The van der Waals surface area contributed by atoms with Gasteiger partial charge in [0, 0.05) is 18.4 Å². The minimum absolute atomic E-state index is 0.0348. The van der Waals surface area contributed by atoms with Gasteiger partial charge >= 0.3 is 0 Å². The van der Waals surface area contributed by atoms with Crippen LogP contribution in [0.15, 0.2) is 24.4 Å². The average Bonchev–Trinajstić information content (AvgIpc) is 2.81. The maximum absolute atomic E-state index is 13.1.